The molecule has 0 aliphatic rings. The lowest BCUT2D eigenvalue weighted by Crippen LogP contribution is -2.02. The molecule has 2 N–H and O–H groups in total. The molecule has 2 aromatic rings. The minimum Gasteiger partial charge on any atom is -0.356 e. The van der Waals surface area contributed by atoms with Crippen molar-refractivity contribution in [2.45, 2.75) is 6.42 Å². The summed E-state index contributed by atoms with van der Waals surface area (Å²) < 4.78 is 6.27. The number of hydrogen-bond donors (Lipinski definition) is 1. The van der Waals surface area contributed by atoms with Crippen LogP contribution in [0.4, 0.5) is 0 Å². The number of rotatable bonds is 3. The minimum absolute atomic E-state index is 0.602. The van der Waals surface area contributed by atoms with E-state index in [9.17, 15) is 0 Å². The van der Waals surface area contributed by atoms with Crippen molar-refractivity contribution < 1.29 is 4.52 Å². The van der Waals surface area contributed by atoms with Gasteiger partial charge in [-0.25, -0.2) is 0 Å². The van der Waals surface area contributed by atoms with Crippen LogP contribution < -0.4 is 5.73 Å². The van der Waals surface area contributed by atoms with Crippen molar-refractivity contribution in [3.05, 3.63) is 40.5 Å². The largest absolute Gasteiger partial charge is 0.356 e. The third kappa shape index (κ3) is 2.27. The van der Waals surface area contributed by atoms with Gasteiger partial charge in [0.2, 0.25) is 0 Å². The number of benzene rings is 1. The maximum atomic E-state index is 5.51. The maximum Gasteiger partial charge on any atom is 0.170 e. The van der Waals surface area contributed by atoms with Gasteiger partial charge < -0.3 is 10.3 Å². The van der Waals surface area contributed by atoms with Crippen LogP contribution in [-0.4, -0.2) is 11.7 Å². The summed E-state index contributed by atoms with van der Waals surface area (Å²) in [6.45, 7) is 0.602. The summed E-state index contributed by atoms with van der Waals surface area (Å²) in [5.41, 5.74) is 7.60. The molecule has 0 bridgehead atoms. The highest BCUT2D eigenvalue weighted by Crippen LogP contribution is 2.25. The minimum atomic E-state index is 0.602. The second-order valence-corrected chi connectivity index (χ2v) is 4.14. The smallest absolute Gasteiger partial charge is 0.170 e. The Morgan fingerprint density at radius 3 is 2.67 bits per heavy atom. The van der Waals surface area contributed by atoms with Crippen LogP contribution in [0.25, 0.3) is 11.3 Å². The van der Waals surface area contributed by atoms with Crippen LogP contribution in [0.3, 0.4) is 0 Å². The van der Waals surface area contributed by atoms with Crippen LogP contribution in [0.15, 0.2) is 39.5 Å². The summed E-state index contributed by atoms with van der Waals surface area (Å²) in [4.78, 5) is 0. The van der Waals surface area contributed by atoms with Crippen molar-refractivity contribution in [1.82, 2.24) is 5.16 Å². The molecule has 0 aliphatic heterocycles. The van der Waals surface area contributed by atoms with Gasteiger partial charge >= 0.3 is 0 Å². The summed E-state index contributed by atoms with van der Waals surface area (Å²) in [5.74, 6) is 0.813. The van der Waals surface area contributed by atoms with Crippen LogP contribution >= 0.6 is 15.9 Å². The van der Waals surface area contributed by atoms with E-state index in [-0.39, 0.29) is 0 Å². The quantitative estimate of drug-likeness (QED) is 0.929. The normalized spacial score (nSPS) is 10.5. The van der Waals surface area contributed by atoms with E-state index < -0.39 is 0 Å². The Balaban J connectivity index is 2.36. The highest BCUT2D eigenvalue weighted by atomic mass is 79.9. The fourth-order valence-corrected chi connectivity index (χ4v) is 1.70. The fourth-order valence-electron chi connectivity index (χ4n) is 1.43. The zero-order valence-corrected chi connectivity index (χ0v) is 9.70. The molecule has 0 saturated carbocycles. The lowest BCUT2D eigenvalue weighted by molar-refractivity contribution is 0.431. The molecule has 15 heavy (non-hydrogen) atoms. The number of hydrogen-bond acceptors (Lipinski definition) is 3. The Morgan fingerprint density at radius 2 is 2.00 bits per heavy atom. The molecule has 78 valence electrons. The Labute approximate surface area is 96.4 Å². The summed E-state index contributed by atoms with van der Waals surface area (Å²) in [7, 11) is 0. The monoisotopic (exact) mass is 266 g/mol. The van der Waals surface area contributed by atoms with Crippen LogP contribution in [0, 0.1) is 0 Å². The first-order chi connectivity index (χ1) is 7.31. The highest BCUT2D eigenvalue weighted by Gasteiger charge is 2.09. The van der Waals surface area contributed by atoms with Gasteiger partial charge in [-0.1, -0.05) is 33.2 Å². The van der Waals surface area contributed by atoms with Crippen molar-refractivity contribution >= 4 is 15.9 Å². The molecular formula is C11H11BrN2O. The van der Waals surface area contributed by atoms with E-state index in [2.05, 4.69) is 21.1 Å². The second kappa shape index (κ2) is 4.59. The van der Waals surface area contributed by atoms with Gasteiger partial charge in [0, 0.05) is 15.6 Å². The molecule has 0 amide bonds. The molecule has 0 saturated heterocycles. The van der Waals surface area contributed by atoms with Gasteiger partial charge in [-0.15, -0.1) is 0 Å². The Morgan fingerprint density at radius 1 is 1.27 bits per heavy atom. The standard InChI is InChI=1S/C11H11BrN2O/c12-10-3-1-8(2-4-10)11-9(5-6-13)7-14-15-11/h1-4,7H,5-6,13H2. The predicted molar refractivity (Wildman–Crippen MR) is 62.4 cm³/mol. The average Bonchev–Trinajstić information content (AvgIpc) is 2.68. The van der Waals surface area contributed by atoms with Gasteiger partial charge in [-0.2, -0.15) is 0 Å². The van der Waals surface area contributed by atoms with Gasteiger partial charge in [-0.3, -0.25) is 0 Å². The van der Waals surface area contributed by atoms with E-state index in [0.717, 1.165) is 27.8 Å². The topological polar surface area (TPSA) is 52.0 Å². The lowest BCUT2D eigenvalue weighted by Gasteiger charge is -1.99. The molecule has 4 heteroatoms. The summed E-state index contributed by atoms with van der Waals surface area (Å²) in [5, 5.41) is 3.80. The van der Waals surface area contributed by atoms with Gasteiger partial charge in [-0.05, 0) is 25.1 Å². The van der Waals surface area contributed by atoms with Crippen LogP contribution in [-0.2, 0) is 6.42 Å². The SMILES string of the molecule is NCCc1cnoc1-c1ccc(Br)cc1. The Kier molecular flexibility index (Phi) is 3.18. The fraction of sp³-hybridized carbons (Fsp3) is 0.182. The molecular weight excluding hydrogens is 256 g/mol. The maximum absolute atomic E-state index is 5.51. The molecule has 0 aliphatic carbocycles. The van der Waals surface area contributed by atoms with Gasteiger partial charge in [0.15, 0.2) is 5.76 Å². The Hall–Kier alpha value is -1.13. The predicted octanol–water partition coefficient (Wildman–Crippen LogP) is 2.61. The first-order valence-corrected chi connectivity index (χ1v) is 5.50. The molecule has 0 spiro atoms. The molecule has 2 rings (SSSR count). The highest BCUT2D eigenvalue weighted by molar-refractivity contribution is 9.10. The molecule has 1 aromatic heterocycles. The number of aromatic nitrogens is 1. The molecule has 3 nitrogen and oxygen atoms in total. The van der Waals surface area contributed by atoms with E-state index in [1.54, 1.807) is 6.20 Å². The summed E-state index contributed by atoms with van der Waals surface area (Å²) >= 11 is 3.39. The number of nitrogens with zero attached hydrogens (tertiary/aromatic N) is 1. The zero-order chi connectivity index (χ0) is 10.7. The van der Waals surface area contributed by atoms with Crippen molar-refractivity contribution in [3.63, 3.8) is 0 Å². The van der Waals surface area contributed by atoms with Crippen molar-refractivity contribution in [2.75, 3.05) is 6.54 Å². The van der Waals surface area contributed by atoms with Crippen LogP contribution in [0.1, 0.15) is 5.56 Å². The first kappa shape index (κ1) is 10.4. The number of nitrogens with two attached hydrogens (primary N) is 1. The Bertz CT molecular complexity index is 436. The molecule has 0 atom stereocenters. The average molecular weight is 267 g/mol. The van der Waals surface area contributed by atoms with Crippen LogP contribution in [0.2, 0.25) is 0 Å². The lowest BCUT2D eigenvalue weighted by atomic mass is 10.1. The van der Waals surface area contributed by atoms with E-state index in [1.165, 1.54) is 0 Å². The van der Waals surface area contributed by atoms with E-state index in [4.69, 9.17) is 10.3 Å². The molecule has 0 radical (unpaired) electrons. The molecule has 1 heterocycles. The summed E-state index contributed by atoms with van der Waals surface area (Å²) in [6, 6.07) is 7.93. The first-order valence-electron chi connectivity index (χ1n) is 4.71. The van der Waals surface area contributed by atoms with Gasteiger partial charge in [0.1, 0.15) is 0 Å². The van der Waals surface area contributed by atoms with Crippen molar-refractivity contribution in [2.24, 2.45) is 5.73 Å². The van der Waals surface area contributed by atoms with E-state index in [0.29, 0.717) is 6.54 Å². The van der Waals surface area contributed by atoms with E-state index >= 15 is 0 Å². The number of halogens is 1. The van der Waals surface area contributed by atoms with E-state index in [1.807, 2.05) is 24.3 Å². The molecule has 0 unspecified atom stereocenters. The third-order valence-corrected chi connectivity index (χ3v) is 2.69. The second-order valence-electron chi connectivity index (χ2n) is 3.23. The zero-order valence-electron chi connectivity index (χ0n) is 8.11. The van der Waals surface area contributed by atoms with Gasteiger partial charge in [0.25, 0.3) is 0 Å². The molecule has 0 fully saturated rings. The third-order valence-electron chi connectivity index (χ3n) is 2.16. The van der Waals surface area contributed by atoms with Crippen molar-refractivity contribution in [3.8, 4) is 11.3 Å². The van der Waals surface area contributed by atoms with Crippen LogP contribution in [0.5, 0.6) is 0 Å². The molecule has 1 aromatic carbocycles. The van der Waals surface area contributed by atoms with Crippen molar-refractivity contribution in [1.29, 1.82) is 0 Å². The summed E-state index contributed by atoms with van der Waals surface area (Å²) in [6.07, 6.45) is 2.51. The van der Waals surface area contributed by atoms with Gasteiger partial charge in [0.05, 0.1) is 6.20 Å².